The van der Waals surface area contributed by atoms with Gasteiger partial charge in [0.25, 0.3) is 0 Å². The smallest absolute Gasteiger partial charge is 0.304 e. The molecular formula is C13H19NO3. The van der Waals surface area contributed by atoms with Crippen LogP contribution in [0.1, 0.15) is 23.1 Å². The van der Waals surface area contributed by atoms with Crippen LogP contribution in [0.25, 0.3) is 0 Å². The Kier molecular flexibility index (Phi) is 4.52. The zero-order valence-electron chi connectivity index (χ0n) is 10.5. The summed E-state index contributed by atoms with van der Waals surface area (Å²) in [6, 6.07) is 3.86. The molecule has 0 fully saturated rings. The largest absolute Gasteiger partial charge is 0.507 e. The second kappa shape index (κ2) is 5.68. The first-order valence-corrected chi connectivity index (χ1v) is 5.59. The molecule has 4 nitrogen and oxygen atoms in total. The van der Waals surface area contributed by atoms with Crippen LogP contribution in [-0.4, -0.2) is 34.7 Å². The van der Waals surface area contributed by atoms with E-state index in [0.29, 0.717) is 18.8 Å². The van der Waals surface area contributed by atoms with Crippen LogP contribution in [0.5, 0.6) is 5.75 Å². The molecule has 0 unspecified atom stereocenters. The minimum Gasteiger partial charge on any atom is -0.507 e. The lowest BCUT2D eigenvalue weighted by atomic mass is 10.1. The summed E-state index contributed by atoms with van der Waals surface area (Å²) < 4.78 is 0. The number of hydrogen-bond donors (Lipinski definition) is 2. The summed E-state index contributed by atoms with van der Waals surface area (Å²) in [5, 5.41) is 18.2. The maximum Gasteiger partial charge on any atom is 0.304 e. The third-order valence-corrected chi connectivity index (χ3v) is 2.71. The Morgan fingerprint density at radius 3 is 2.29 bits per heavy atom. The number of rotatable bonds is 5. The maximum atomic E-state index is 10.4. The minimum atomic E-state index is -0.782. The number of aromatic hydroxyl groups is 1. The monoisotopic (exact) mass is 237 g/mol. The molecule has 0 bridgehead atoms. The van der Waals surface area contributed by atoms with Crippen molar-refractivity contribution in [2.45, 2.75) is 26.8 Å². The van der Waals surface area contributed by atoms with E-state index in [1.54, 1.807) is 0 Å². The molecule has 0 aliphatic heterocycles. The standard InChI is InChI=1S/C13H19NO3/c1-9-6-11(7-10(2)13(9)17)8-14(3)5-4-12(15)16/h6-7,17H,4-5,8H2,1-3H3,(H,15,16). The highest BCUT2D eigenvalue weighted by atomic mass is 16.4. The molecule has 0 atom stereocenters. The molecule has 1 aromatic carbocycles. The van der Waals surface area contributed by atoms with E-state index in [0.717, 1.165) is 16.7 Å². The lowest BCUT2D eigenvalue weighted by molar-refractivity contribution is -0.137. The van der Waals surface area contributed by atoms with Crippen LogP contribution >= 0.6 is 0 Å². The quantitative estimate of drug-likeness (QED) is 0.821. The van der Waals surface area contributed by atoms with Crippen LogP contribution in [0.3, 0.4) is 0 Å². The van der Waals surface area contributed by atoms with Gasteiger partial charge in [0.2, 0.25) is 0 Å². The molecule has 0 saturated heterocycles. The van der Waals surface area contributed by atoms with Crippen molar-refractivity contribution in [1.29, 1.82) is 0 Å². The van der Waals surface area contributed by atoms with Crippen molar-refractivity contribution in [2.24, 2.45) is 0 Å². The number of phenolic OH excluding ortho intramolecular Hbond substituents is 1. The molecular weight excluding hydrogens is 218 g/mol. The number of nitrogens with zero attached hydrogens (tertiary/aromatic N) is 1. The zero-order valence-corrected chi connectivity index (χ0v) is 10.5. The fraction of sp³-hybridized carbons (Fsp3) is 0.462. The van der Waals surface area contributed by atoms with Gasteiger partial charge >= 0.3 is 5.97 Å². The first-order valence-electron chi connectivity index (χ1n) is 5.59. The van der Waals surface area contributed by atoms with Gasteiger partial charge in [-0.1, -0.05) is 12.1 Å². The van der Waals surface area contributed by atoms with Gasteiger partial charge in [0, 0.05) is 13.1 Å². The summed E-state index contributed by atoms with van der Waals surface area (Å²) in [6.45, 7) is 4.94. The van der Waals surface area contributed by atoms with E-state index in [-0.39, 0.29) is 6.42 Å². The Morgan fingerprint density at radius 2 is 1.82 bits per heavy atom. The molecule has 0 aliphatic rings. The lowest BCUT2D eigenvalue weighted by Gasteiger charge is -2.16. The molecule has 0 radical (unpaired) electrons. The number of hydrogen-bond acceptors (Lipinski definition) is 3. The van der Waals surface area contributed by atoms with Crippen molar-refractivity contribution in [1.82, 2.24) is 4.90 Å². The Bertz CT molecular complexity index is 392. The normalized spacial score (nSPS) is 10.8. The number of carboxylic acid groups (broad SMARTS) is 1. The van der Waals surface area contributed by atoms with Crippen molar-refractivity contribution < 1.29 is 15.0 Å². The average molecular weight is 237 g/mol. The topological polar surface area (TPSA) is 60.8 Å². The van der Waals surface area contributed by atoms with E-state index in [1.165, 1.54) is 0 Å². The number of phenols is 1. The molecule has 2 N–H and O–H groups in total. The number of carbonyl (C=O) groups is 1. The molecule has 1 aromatic rings. The van der Waals surface area contributed by atoms with Crippen LogP contribution < -0.4 is 0 Å². The molecule has 4 heteroatoms. The van der Waals surface area contributed by atoms with E-state index in [4.69, 9.17) is 5.11 Å². The van der Waals surface area contributed by atoms with Gasteiger partial charge in [0.05, 0.1) is 6.42 Å². The summed E-state index contributed by atoms with van der Waals surface area (Å²) in [4.78, 5) is 12.4. The lowest BCUT2D eigenvalue weighted by Crippen LogP contribution is -2.21. The molecule has 0 heterocycles. The van der Waals surface area contributed by atoms with Crippen LogP contribution in [-0.2, 0) is 11.3 Å². The Hall–Kier alpha value is -1.55. The van der Waals surface area contributed by atoms with Gasteiger partial charge in [-0.15, -0.1) is 0 Å². The fourth-order valence-corrected chi connectivity index (χ4v) is 1.81. The summed E-state index contributed by atoms with van der Waals surface area (Å²) in [6.07, 6.45) is 0.145. The van der Waals surface area contributed by atoms with Crippen LogP contribution in [0, 0.1) is 13.8 Å². The Morgan fingerprint density at radius 1 is 1.29 bits per heavy atom. The fourth-order valence-electron chi connectivity index (χ4n) is 1.81. The van der Waals surface area contributed by atoms with Crippen LogP contribution in [0.4, 0.5) is 0 Å². The van der Waals surface area contributed by atoms with E-state index in [1.807, 2.05) is 37.9 Å². The molecule has 0 amide bonds. The highest BCUT2D eigenvalue weighted by Crippen LogP contribution is 2.23. The van der Waals surface area contributed by atoms with Crippen LogP contribution in [0.15, 0.2) is 12.1 Å². The van der Waals surface area contributed by atoms with Crippen molar-refractivity contribution in [2.75, 3.05) is 13.6 Å². The molecule has 0 spiro atoms. The number of aliphatic carboxylic acids is 1. The molecule has 1 rings (SSSR count). The molecule has 17 heavy (non-hydrogen) atoms. The van der Waals surface area contributed by atoms with Gasteiger partial charge in [0.15, 0.2) is 0 Å². The number of benzene rings is 1. The van der Waals surface area contributed by atoms with Crippen molar-refractivity contribution in [3.63, 3.8) is 0 Å². The molecule has 0 aliphatic carbocycles. The van der Waals surface area contributed by atoms with Gasteiger partial charge < -0.3 is 15.1 Å². The minimum absolute atomic E-state index is 0.145. The predicted molar refractivity (Wildman–Crippen MR) is 66.2 cm³/mol. The summed E-state index contributed by atoms with van der Waals surface area (Å²) in [5.41, 5.74) is 2.80. The first-order chi connectivity index (χ1) is 7.90. The van der Waals surface area contributed by atoms with Gasteiger partial charge in [-0.3, -0.25) is 4.79 Å². The van der Waals surface area contributed by atoms with Gasteiger partial charge in [0.1, 0.15) is 5.75 Å². The highest BCUT2D eigenvalue weighted by Gasteiger charge is 2.07. The summed E-state index contributed by atoms with van der Waals surface area (Å²) in [7, 11) is 1.89. The average Bonchev–Trinajstić information content (AvgIpc) is 2.23. The van der Waals surface area contributed by atoms with Gasteiger partial charge in [-0.05, 0) is 37.6 Å². The summed E-state index contributed by atoms with van der Waals surface area (Å²) >= 11 is 0. The van der Waals surface area contributed by atoms with Crippen molar-refractivity contribution >= 4 is 5.97 Å². The van der Waals surface area contributed by atoms with Crippen molar-refractivity contribution in [3.8, 4) is 5.75 Å². The van der Waals surface area contributed by atoms with Crippen molar-refractivity contribution in [3.05, 3.63) is 28.8 Å². The zero-order chi connectivity index (χ0) is 13.0. The maximum absolute atomic E-state index is 10.4. The predicted octanol–water partition coefficient (Wildman–Crippen LogP) is 1.92. The highest BCUT2D eigenvalue weighted by molar-refractivity contribution is 5.66. The van der Waals surface area contributed by atoms with E-state index < -0.39 is 5.97 Å². The molecule has 0 aromatic heterocycles. The van der Waals surface area contributed by atoms with Crippen LogP contribution in [0.2, 0.25) is 0 Å². The van der Waals surface area contributed by atoms with Gasteiger partial charge in [-0.2, -0.15) is 0 Å². The third-order valence-electron chi connectivity index (χ3n) is 2.71. The number of aryl methyl sites for hydroxylation is 2. The second-order valence-electron chi connectivity index (χ2n) is 4.46. The second-order valence-corrected chi connectivity index (χ2v) is 4.46. The van der Waals surface area contributed by atoms with E-state index in [2.05, 4.69) is 0 Å². The SMILES string of the molecule is Cc1cc(CN(C)CCC(=O)O)cc(C)c1O. The first kappa shape index (κ1) is 13.5. The third kappa shape index (κ3) is 4.07. The molecule has 0 saturated carbocycles. The Balaban J connectivity index is 2.65. The number of carboxylic acids is 1. The van der Waals surface area contributed by atoms with Gasteiger partial charge in [-0.25, -0.2) is 0 Å². The van der Waals surface area contributed by atoms with E-state index in [9.17, 15) is 9.90 Å². The summed E-state index contributed by atoms with van der Waals surface area (Å²) in [5.74, 6) is -0.447. The molecule has 94 valence electrons. The van der Waals surface area contributed by atoms with E-state index >= 15 is 0 Å². The Labute approximate surface area is 101 Å².